The molecular formula is C15H13BrN2O3S. The molecule has 0 aliphatic rings. The van der Waals surface area contributed by atoms with Gasteiger partial charge in [-0.1, -0.05) is 22.0 Å². The molecule has 114 valence electrons. The molecular weight excluding hydrogens is 368 g/mol. The third kappa shape index (κ3) is 3.37. The van der Waals surface area contributed by atoms with Gasteiger partial charge in [0.1, 0.15) is 23.2 Å². The van der Waals surface area contributed by atoms with Crippen molar-refractivity contribution in [2.45, 2.75) is 12.6 Å². The molecule has 2 aromatic heterocycles. The van der Waals surface area contributed by atoms with Gasteiger partial charge in [0, 0.05) is 4.47 Å². The van der Waals surface area contributed by atoms with Crippen molar-refractivity contribution in [3.05, 3.63) is 56.9 Å². The van der Waals surface area contributed by atoms with Crippen molar-refractivity contribution in [2.24, 2.45) is 0 Å². The number of ether oxygens (including phenoxy) is 1. The van der Waals surface area contributed by atoms with Crippen LogP contribution in [0, 0.1) is 0 Å². The minimum absolute atomic E-state index is 0.103. The number of aromatic nitrogens is 2. The van der Waals surface area contributed by atoms with Crippen molar-refractivity contribution in [3.63, 3.8) is 0 Å². The number of rotatable bonds is 5. The molecule has 5 nitrogen and oxygen atoms in total. The van der Waals surface area contributed by atoms with Gasteiger partial charge in [0.05, 0.1) is 18.4 Å². The van der Waals surface area contributed by atoms with E-state index in [-0.39, 0.29) is 18.7 Å². The molecule has 0 saturated carbocycles. The second kappa shape index (κ2) is 6.60. The summed E-state index contributed by atoms with van der Waals surface area (Å²) in [6.07, 6.45) is 0.663. The standard InChI is InChI=1S/C15H13BrN2O3S/c16-10-2-1-3-12(6-10)21-8-11(19)7-18-9-17-13-4-5-22-14(13)15(18)20/h1-6,9,11,19H,7-8H2/t11-/m0/s1. The summed E-state index contributed by atoms with van der Waals surface area (Å²) in [6, 6.07) is 9.18. The van der Waals surface area contributed by atoms with E-state index in [9.17, 15) is 9.90 Å². The molecule has 0 fully saturated rings. The maximum absolute atomic E-state index is 12.2. The van der Waals surface area contributed by atoms with E-state index in [0.29, 0.717) is 16.0 Å². The first-order valence-electron chi connectivity index (χ1n) is 6.62. The molecule has 22 heavy (non-hydrogen) atoms. The van der Waals surface area contributed by atoms with Crippen LogP contribution < -0.4 is 10.3 Å². The summed E-state index contributed by atoms with van der Waals surface area (Å²) in [5.74, 6) is 0.660. The Morgan fingerprint density at radius 2 is 2.27 bits per heavy atom. The van der Waals surface area contributed by atoms with E-state index in [0.717, 1.165) is 4.47 Å². The fraction of sp³-hybridized carbons (Fsp3) is 0.200. The molecule has 0 spiro atoms. The van der Waals surface area contributed by atoms with Gasteiger partial charge < -0.3 is 9.84 Å². The lowest BCUT2D eigenvalue weighted by Gasteiger charge is -2.13. The molecule has 1 N–H and O–H groups in total. The molecule has 0 aliphatic heterocycles. The summed E-state index contributed by atoms with van der Waals surface area (Å²) in [5.41, 5.74) is 0.549. The van der Waals surface area contributed by atoms with E-state index in [4.69, 9.17) is 4.74 Å². The number of nitrogens with zero attached hydrogens (tertiary/aromatic N) is 2. The Hall–Kier alpha value is -1.70. The van der Waals surface area contributed by atoms with E-state index in [1.165, 1.54) is 22.2 Å². The predicted molar refractivity (Wildman–Crippen MR) is 89.5 cm³/mol. The Labute approximate surface area is 138 Å². The van der Waals surface area contributed by atoms with E-state index in [2.05, 4.69) is 20.9 Å². The van der Waals surface area contributed by atoms with Crippen LogP contribution in [0.25, 0.3) is 10.2 Å². The van der Waals surface area contributed by atoms with Gasteiger partial charge in [-0.15, -0.1) is 11.3 Å². The van der Waals surface area contributed by atoms with Gasteiger partial charge in [0.2, 0.25) is 0 Å². The van der Waals surface area contributed by atoms with Crippen LogP contribution in [0.15, 0.2) is 51.3 Å². The number of fused-ring (bicyclic) bond motifs is 1. The quantitative estimate of drug-likeness (QED) is 0.738. The molecule has 0 radical (unpaired) electrons. The second-order valence-corrected chi connectivity index (χ2v) is 6.59. The third-order valence-corrected chi connectivity index (χ3v) is 4.47. The Balaban J connectivity index is 1.66. The normalized spacial score (nSPS) is 12.5. The van der Waals surface area contributed by atoms with Crippen molar-refractivity contribution < 1.29 is 9.84 Å². The molecule has 3 aromatic rings. The van der Waals surface area contributed by atoms with Crippen molar-refractivity contribution >= 4 is 37.5 Å². The molecule has 2 heterocycles. The highest BCUT2D eigenvalue weighted by atomic mass is 79.9. The molecule has 0 bridgehead atoms. The van der Waals surface area contributed by atoms with Gasteiger partial charge in [-0.05, 0) is 29.6 Å². The first kappa shape index (κ1) is 15.2. The summed E-state index contributed by atoms with van der Waals surface area (Å²) >= 11 is 4.71. The van der Waals surface area contributed by atoms with Crippen LogP contribution in [0.1, 0.15) is 0 Å². The number of aliphatic hydroxyl groups is 1. The largest absolute Gasteiger partial charge is 0.491 e. The number of benzene rings is 1. The van der Waals surface area contributed by atoms with Crippen molar-refractivity contribution in [1.29, 1.82) is 0 Å². The van der Waals surface area contributed by atoms with Crippen LogP contribution in [-0.4, -0.2) is 27.4 Å². The molecule has 0 aliphatic carbocycles. The van der Waals surface area contributed by atoms with Crippen LogP contribution in [0.2, 0.25) is 0 Å². The topological polar surface area (TPSA) is 64.4 Å². The summed E-state index contributed by atoms with van der Waals surface area (Å²) in [7, 11) is 0. The lowest BCUT2D eigenvalue weighted by atomic mass is 10.3. The van der Waals surface area contributed by atoms with Gasteiger partial charge >= 0.3 is 0 Å². The van der Waals surface area contributed by atoms with Crippen LogP contribution in [0.3, 0.4) is 0 Å². The molecule has 0 amide bonds. The van der Waals surface area contributed by atoms with Gasteiger partial charge in [-0.25, -0.2) is 4.98 Å². The molecule has 0 unspecified atom stereocenters. The van der Waals surface area contributed by atoms with Crippen LogP contribution >= 0.6 is 27.3 Å². The van der Waals surface area contributed by atoms with Gasteiger partial charge in [-0.3, -0.25) is 9.36 Å². The Bertz CT molecular complexity index is 846. The zero-order valence-electron chi connectivity index (χ0n) is 11.5. The van der Waals surface area contributed by atoms with E-state index < -0.39 is 6.10 Å². The number of hydrogen-bond acceptors (Lipinski definition) is 5. The number of halogens is 1. The van der Waals surface area contributed by atoms with E-state index in [1.54, 1.807) is 6.07 Å². The zero-order chi connectivity index (χ0) is 15.5. The lowest BCUT2D eigenvalue weighted by molar-refractivity contribution is 0.0914. The number of thiophene rings is 1. The minimum Gasteiger partial charge on any atom is -0.491 e. The third-order valence-electron chi connectivity index (χ3n) is 3.08. The zero-order valence-corrected chi connectivity index (χ0v) is 13.9. The average molecular weight is 381 g/mol. The van der Waals surface area contributed by atoms with Crippen molar-refractivity contribution in [1.82, 2.24) is 9.55 Å². The van der Waals surface area contributed by atoms with Crippen molar-refractivity contribution in [3.8, 4) is 5.75 Å². The monoisotopic (exact) mass is 380 g/mol. The number of aliphatic hydroxyl groups excluding tert-OH is 1. The Morgan fingerprint density at radius 3 is 3.09 bits per heavy atom. The van der Waals surface area contributed by atoms with E-state index in [1.807, 2.05) is 29.6 Å². The number of hydrogen-bond donors (Lipinski definition) is 1. The molecule has 3 rings (SSSR count). The molecule has 7 heteroatoms. The molecule has 1 aromatic carbocycles. The van der Waals surface area contributed by atoms with E-state index >= 15 is 0 Å². The summed E-state index contributed by atoms with van der Waals surface area (Å²) in [4.78, 5) is 16.4. The minimum atomic E-state index is -0.795. The Kier molecular flexibility index (Phi) is 4.56. The highest BCUT2D eigenvalue weighted by Crippen LogP contribution is 2.18. The second-order valence-electron chi connectivity index (χ2n) is 4.76. The molecule has 0 saturated heterocycles. The van der Waals surface area contributed by atoms with Crippen LogP contribution in [0.4, 0.5) is 0 Å². The fourth-order valence-corrected chi connectivity index (χ4v) is 3.21. The highest BCUT2D eigenvalue weighted by Gasteiger charge is 2.11. The maximum Gasteiger partial charge on any atom is 0.271 e. The first-order chi connectivity index (χ1) is 10.6. The van der Waals surface area contributed by atoms with Gasteiger partial charge in [-0.2, -0.15) is 0 Å². The summed E-state index contributed by atoms with van der Waals surface area (Å²) in [6.45, 7) is 0.249. The first-order valence-corrected chi connectivity index (χ1v) is 8.30. The fourth-order valence-electron chi connectivity index (χ4n) is 2.04. The SMILES string of the molecule is O=c1c2sccc2ncn1C[C@H](O)COc1cccc(Br)c1. The smallest absolute Gasteiger partial charge is 0.271 e. The predicted octanol–water partition coefficient (Wildman–Crippen LogP) is 2.66. The average Bonchev–Trinajstić information content (AvgIpc) is 2.98. The van der Waals surface area contributed by atoms with Gasteiger partial charge in [0.15, 0.2) is 0 Å². The lowest BCUT2D eigenvalue weighted by Crippen LogP contribution is -2.30. The van der Waals surface area contributed by atoms with Crippen LogP contribution in [-0.2, 0) is 6.54 Å². The molecule has 1 atom stereocenters. The van der Waals surface area contributed by atoms with Crippen LogP contribution in [0.5, 0.6) is 5.75 Å². The van der Waals surface area contributed by atoms with Gasteiger partial charge in [0.25, 0.3) is 5.56 Å². The maximum atomic E-state index is 12.2. The Morgan fingerprint density at radius 1 is 1.41 bits per heavy atom. The highest BCUT2D eigenvalue weighted by molar-refractivity contribution is 9.10. The summed E-state index contributed by atoms with van der Waals surface area (Å²) in [5, 5.41) is 11.9. The summed E-state index contributed by atoms with van der Waals surface area (Å²) < 4.78 is 8.44. The van der Waals surface area contributed by atoms with Crippen molar-refractivity contribution in [2.75, 3.05) is 6.61 Å².